The van der Waals surface area contributed by atoms with Gasteiger partial charge in [0.15, 0.2) is 0 Å². The Morgan fingerprint density at radius 2 is 2.00 bits per heavy atom. The highest BCUT2D eigenvalue weighted by atomic mass is 15.1. The van der Waals surface area contributed by atoms with Crippen LogP contribution in [0.25, 0.3) is 0 Å². The fraction of sp³-hybridized carbons (Fsp3) is 0.625. The van der Waals surface area contributed by atoms with E-state index in [-0.39, 0.29) is 0 Å². The molecule has 0 spiro atoms. The van der Waals surface area contributed by atoms with Crippen LogP contribution in [0.5, 0.6) is 0 Å². The van der Waals surface area contributed by atoms with E-state index >= 15 is 0 Å². The van der Waals surface area contributed by atoms with Crippen molar-refractivity contribution >= 4 is 5.69 Å². The first-order chi connectivity index (χ1) is 8.56. The molecule has 2 rings (SSSR count). The van der Waals surface area contributed by atoms with Crippen LogP contribution >= 0.6 is 0 Å². The van der Waals surface area contributed by atoms with Crippen molar-refractivity contribution < 1.29 is 0 Å². The lowest BCUT2D eigenvalue weighted by Gasteiger charge is -2.28. The highest BCUT2D eigenvalue weighted by Gasteiger charge is 2.14. The SMILES string of the molecule is CC(C)CN(Cc1ccc2c(c1)CCN2)C(C)C. The van der Waals surface area contributed by atoms with E-state index in [4.69, 9.17) is 0 Å². The van der Waals surface area contributed by atoms with Crippen molar-refractivity contribution in [2.24, 2.45) is 5.92 Å². The van der Waals surface area contributed by atoms with Gasteiger partial charge in [-0.25, -0.2) is 0 Å². The lowest BCUT2D eigenvalue weighted by Crippen LogP contribution is -2.33. The van der Waals surface area contributed by atoms with Crippen LogP contribution in [0.1, 0.15) is 38.8 Å². The summed E-state index contributed by atoms with van der Waals surface area (Å²) in [7, 11) is 0. The number of rotatable bonds is 5. The van der Waals surface area contributed by atoms with E-state index in [1.807, 2.05) is 0 Å². The molecule has 0 saturated heterocycles. The maximum Gasteiger partial charge on any atom is 0.0373 e. The van der Waals surface area contributed by atoms with Gasteiger partial charge in [0, 0.05) is 31.4 Å². The molecule has 18 heavy (non-hydrogen) atoms. The summed E-state index contributed by atoms with van der Waals surface area (Å²) < 4.78 is 0. The smallest absolute Gasteiger partial charge is 0.0373 e. The number of hydrogen-bond acceptors (Lipinski definition) is 2. The Labute approximate surface area is 111 Å². The lowest BCUT2D eigenvalue weighted by atomic mass is 10.1. The molecular weight excluding hydrogens is 220 g/mol. The zero-order valence-corrected chi connectivity index (χ0v) is 12.2. The molecular formula is C16H26N2. The molecule has 0 atom stereocenters. The first-order valence-corrected chi connectivity index (χ1v) is 7.16. The minimum Gasteiger partial charge on any atom is -0.384 e. The Morgan fingerprint density at radius 3 is 2.67 bits per heavy atom. The maximum atomic E-state index is 3.42. The second kappa shape index (κ2) is 5.75. The monoisotopic (exact) mass is 246 g/mol. The molecule has 100 valence electrons. The molecule has 1 aliphatic rings. The summed E-state index contributed by atoms with van der Waals surface area (Å²) >= 11 is 0. The minimum absolute atomic E-state index is 0.610. The average molecular weight is 246 g/mol. The molecule has 2 heteroatoms. The van der Waals surface area contributed by atoms with Crippen LogP contribution in [0.3, 0.4) is 0 Å². The van der Waals surface area contributed by atoms with Crippen LogP contribution < -0.4 is 5.32 Å². The topological polar surface area (TPSA) is 15.3 Å². The molecule has 0 aliphatic carbocycles. The Bertz CT molecular complexity index is 396. The van der Waals surface area contributed by atoms with Crippen LogP contribution in [0.15, 0.2) is 18.2 Å². The minimum atomic E-state index is 0.610. The van der Waals surface area contributed by atoms with E-state index in [0.717, 1.165) is 19.0 Å². The molecule has 0 unspecified atom stereocenters. The van der Waals surface area contributed by atoms with Crippen molar-refractivity contribution in [3.63, 3.8) is 0 Å². The summed E-state index contributed by atoms with van der Waals surface area (Å²) in [4.78, 5) is 2.56. The molecule has 0 radical (unpaired) electrons. The third kappa shape index (κ3) is 3.26. The number of benzene rings is 1. The predicted octanol–water partition coefficient (Wildman–Crippen LogP) is 3.52. The highest BCUT2D eigenvalue weighted by Crippen LogP contribution is 2.24. The fourth-order valence-electron chi connectivity index (χ4n) is 2.62. The Hall–Kier alpha value is -1.02. The second-order valence-electron chi connectivity index (χ2n) is 6.09. The Morgan fingerprint density at radius 1 is 1.22 bits per heavy atom. The zero-order chi connectivity index (χ0) is 13.1. The molecule has 0 saturated carbocycles. The largest absolute Gasteiger partial charge is 0.384 e. The average Bonchev–Trinajstić information content (AvgIpc) is 2.74. The first kappa shape index (κ1) is 13.4. The third-order valence-corrected chi connectivity index (χ3v) is 3.60. The third-order valence-electron chi connectivity index (χ3n) is 3.60. The molecule has 1 aromatic carbocycles. The van der Waals surface area contributed by atoms with Crippen LogP contribution in [-0.2, 0) is 13.0 Å². The lowest BCUT2D eigenvalue weighted by molar-refractivity contribution is 0.189. The zero-order valence-electron chi connectivity index (χ0n) is 12.2. The van der Waals surface area contributed by atoms with Gasteiger partial charge in [-0.1, -0.05) is 26.0 Å². The van der Waals surface area contributed by atoms with E-state index in [1.165, 1.54) is 29.8 Å². The summed E-state index contributed by atoms with van der Waals surface area (Å²) in [5, 5.41) is 3.42. The second-order valence-corrected chi connectivity index (χ2v) is 6.09. The van der Waals surface area contributed by atoms with Gasteiger partial charge in [0.05, 0.1) is 0 Å². The summed E-state index contributed by atoms with van der Waals surface area (Å²) in [5.74, 6) is 0.725. The van der Waals surface area contributed by atoms with Crippen molar-refractivity contribution in [3.8, 4) is 0 Å². The molecule has 0 aromatic heterocycles. The van der Waals surface area contributed by atoms with E-state index < -0.39 is 0 Å². The van der Waals surface area contributed by atoms with E-state index in [0.29, 0.717) is 6.04 Å². The van der Waals surface area contributed by atoms with Crippen LogP contribution in [0.4, 0.5) is 5.69 Å². The molecule has 0 fully saturated rings. The normalized spacial score (nSPS) is 14.4. The van der Waals surface area contributed by atoms with Crippen molar-refractivity contribution in [1.29, 1.82) is 0 Å². The number of hydrogen-bond donors (Lipinski definition) is 1. The molecule has 1 N–H and O–H groups in total. The van der Waals surface area contributed by atoms with Crippen LogP contribution in [0, 0.1) is 5.92 Å². The van der Waals surface area contributed by atoms with Crippen molar-refractivity contribution in [2.45, 2.75) is 46.7 Å². The van der Waals surface area contributed by atoms with Gasteiger partial charge in [0.2, 0.25) is 0 Å². The summed E-state index contributed by atoms with van der Waals surface area (Å²) in [6.45, 7) is 12.5. The number of fused-ring (bicyclic) bond motifs is 1. The van der Waals surface area contributed by atoms with Gasteiger partial charge in [-0.15, -0.1) is 0 Å². The van der Waals surface area contributed by atoms with Crippen molar-refractivity contribution in [3.05, 3.63) is 29.3 Å². The molecule has 1 heterocycles. The van der Waals surface area contributed by atoms with E-state index in [1.54, 1.807) is 0 Å². The fourth-order valence-corrected chi connectivity index (χ4v) is 2.62. The van der Waals surface area contributed by atoms with Crippen LogP contribution in [0.2, 0.25) is 0 Å². The van der Waals surface area contributed by atoms with Gasteiger partial charge in [0.25, 0.3) is 0 Å². The quantitative estimate of drug-likeness (QED) is 0.855. The predicted molar refractivity (Wildman–Crippen MR) is 79.0 cm³/mol. The summed E-state index contributed by atoms with van der Waals surface area (Å²) in [6.07, 6.45) is 1.18. The first-order valence-electron chi connectivity index (χ1n) is 7.16. The summed E-state index contributed by atoms with van der Waals surface area (Å²) in [5.41, 5.74) is 4.27. The molecule has 0 bridgehead atoms. The molecule has 2 nitrogen and oxygen atoms in total. The molecule has 0 amide bonds. The standard InChI is InChI=1S/C16H26N2/c1-12(2)10-18(13(3)4)11-14-5-6-16-15(9-14)7-8-17-16/h5-6,9,12-13,17H,7-8,10-11H2,1-4H3. The van der Waals surface area contributed by atoms with Crippen molar-refractivity contribution in [1.82, 2.24) is 4.90 Å². The maximum absolute atomic E-state index is 3.42. The van der Waals surface area contributed by atoms with Gasteiger partial charge >= 0.3 is 0 Å². The summed E-state index contributed by atoms with van der Waals surface area (Å²) in [6, 6.07) is 7.50. The number of nitrogens with one attached hydrogen (secondary N) is 1. The van der Waals surface area contributed by atoms with Gasteiger partial charge in [-0.3, -0.25) is 4.90 Å². The van der Waals surface area contributed by atoms with Gasteiger partial charge in [0.1, 0.15) is 0 Å². The molecule has 1 aliphatic heterocycles. The number of anilines is 1. The Balaban J connectivity index is 2.06. The van der Waals surface area contributed by atoms with Crippen LogP contribution in [-0.4, -0.2) is 24.0 Å². The Kier molecular flexibility index (Phi) is 4.28. The van der Waals surface area contributed by atoms with Gasteiger partial charge in [-0.05, 0) is 43.4 Å². The van der Waals surface area contributed by atoms with E-state index in [9.17, 15) is 0 Å². The van der Waals surface area contributed by atoms with E-state index in [2.05, 4.69) is 56.1 Å². The number of nitrogens with zero attached hydrogens (tertiary/aromatic N) is 1. The highest BCUT2D eigenvalue weighted by molar-refractivity contribution is 5.56. The van der Waals surface area contributed by atoms with Crippen molar-refractivity contribution in [2.75, 3.05) is 18.4 Å². The van der Waals surface area contributed by atoms with Gasteiger partial charge in [-0.2, -0.15) is 0 Å². The molecule has 1 aromatic rings. The van der Waals surface area contributed by atoms with Gasteiger partial charge < -0.3 is 5.32 Å².